The van der Waals surface area contributed by atoms with Crippen molar-refractivity contribution in [1.29, 1.82) is 0 Å². The van der Waals surface area contributed by atoms with Crippen LogP contribution < -0.4 is 21.3 Å². The van der Waals surface area contributed by atoms with E-state index in [1.54, 1.807) is 5.38 Å². The number of carboxylic acids is 3. The van der Waals surface area contributed by atoms with Crippen LogP contribution >= 0.6 is 22.7 Å². The summed E-state index contributed by atoms with van der Waals surface area (Å²) in [5, 5.41) is 41.3. The second-order valence-corrected chi connectivity index (χ2v) is 13.0. The first-order valence-corrected chi connectivity index (χ1v) is 17.3. The van der Waals surface area contributed by atoms with Gasteiger partial charge in [-0.1, -0.05) is 6.42 Å². The summed E-state index contributed by atoms with van der Waals surface area (Å²) in [6.45, 7) is -0.362. The minimum atomic E-state index is -1.23. The Balaban J connectivity index is 1.67. The van der Waals surface area contributed by atoms with Crippen molar-refractivity contribution in [2.75, 3.05) is 83.6 Å². The zero-order valence-electron chi connectivity index (χ0n) is 27.8. The van der Waals surface area contributed by atoms with Gasteiger partial charge in [0.25, 0.3) is 11.8 Å². The van der Waals surface area contributed by atoms with Crippen molar-refractivity contribution in [2.24, 2.45) is 0 Å². The molecule has 0 atom stereocenters. The first-order chi connectivity index (χ1) is 23.7. The number of nitrogens with one attached hydrogen (secondary N) is 4. The van der Waals surface area contributed by atoms with Crippen molar-refractivity contribution in [3.05, 3.63) is 22.1 Å². The largest absolute Gasteiger partial charge is 0.480 e. The van der Waals surface area contributed by atoms with Crippen molar-refractivity contribution in [3.8, 4) is 0 Å². The number of hydrogen-bond donors (Lipinski definition) is 7. The molecule has 0 aliphatic rings. The molecule has 0 saturated carbocycles. The van der Waals surface area contributed by atoms with Gasteiger partial charge in [0.15, 0.2) is 10.3 Å². The quantitative estimate of drug-likeness (QED) is 0.0661. The number of aromatic nitrogens is 2. The number of rotatable bonds is 25. The van der Waals surface area contributed by atoms with Crippen LogP contribution in [0.15, 0.2) is 10.8 Å². The molecule has 0 aliphatic carbocycles. The van der Waals surface area contributed by atoms with Crippen molar-refractivity contribution >= 4 is 74.5 Å². The average Bonchev–Trinajstić information content (AvgIpc) is 3.68. The smallest absolute Gasteiger partial charge is 0.317 e. The number of carbonyl (C=O) groups is 7. The van der Waals surface area contributed by atoms with Gasteiger partial charge in [0.2, 0.25) is 11.8 Å². The summed E-state index contributed by atoms with van der Waals surface area (Å²) in [4.78, 5) is 95.5. The maximum absolute atomic E-state index is 12.6. The fourth-order valence-corrected chi connectivity index (χ4v) is 5.65. The fourth-order valence-electron chi connectivity index (χ4n) is 4.26. The summed E-state index contributed by atoms with van der Waals surface area (Å²) >= 11 is 2.18. The first-order valence-electron chi connectivity index (χ1n) is 15.5. The second-order valence-electron chi connectivity index (χ2n) is 11.3. The van der Waals surface area contributed by atoms with Gasteiger partial charge in [-0.25, -0.2) is 9.97 Å². The van der Waals surface area contributed by atoms with E-state index in [0.717, 1.165) is 40.5 Å². The first kappa shape index (κ1) is 41.6. The molecule has 2 aromatic heterocycles. The van der Waals surface area contributed by atoms with Crippen LogP contribution in [-0.4, -0.2) is 155 Å². The Kier molecular flexibility index (Phi) is 18.5. The number of hydrogen-bond acceptors (Lipinski definition) is 14. The highest BCUT2D eigenvalue weighted by atomic mass is 32.1. The maximum atomic E-state index is 12.6. The lowest BCUT2D eigenvalue weighted by Crippen LogP contribution is -2.45. The van der Waals surface area contributed by atoms with Gasteiger partial charge in [-0.05, 0) is 39.9 Å². The van der Waals surface area contributed by atoms with Crippen LogP contribution in [0.4, 0.5) is 10.3 Å². The molecule has 0 radical (unpaired) electrons. The molecule has 0 bridgehead atoms. The summed E-state index contributed by atoms with van der Waals surface area (Å²) in [6.07, 6.45) is 2.60. The van der Waals surface area contributed by atoms with Crippen molar-refractivity contribution in [2.45, 2.75) is 32.1 Å². The summed E-state index contributed by atoms with van der Waals surface area (Å²) in [7, 11) is 3.89. The lowest BCUT2D eigenvalue weighted by Gasteiger charge is -2.24. The summed E-state index contributed by atoms with van der Waals surface area (Å²) in [5.74, 6) is -5.30. The highest BCUT2D eigenvalue weighted by Crippen LogP contribution is 2.20. The lowest BCUT2D eigenvalue weighted by molar-refractivity contribution is -0.143. The molecule has 0 saturated heterocycles. The van der Waals surface area contributed by atoms with E-state index in [-0.39, 0.29) is 66.1 Å². The molecule has 0 unspecified atom stereocenters. The molecular formula is C29H43N9O10S2. The predicted molar refractivity (Wildman–Crippen MR) is 184 cm³/mol. The van der Waals surface area contributed by atoms with E-state index in [9.17, 15) is 33.6 Å². The molecule has 0 aliphatic heterocycles. The molecule has 4 amide bonds. The van der Waals surface area contributed by atoms with E-state index in [2.05, 4.69) is 31.2 Å². The van der Waals surface area contributed by atoms with Crippen molar-refractivity contribution in [1.82, 2.24) is 35.3 Å². The topological polar surface area (TPSA) is 264 Å². The lowest BCUT2D eigenvalue weighted by atomic mass is 10.2. The van der Waals surface area contributed by atoms with Gasteiger partial charge < -0.3 is 36.2 Å². The van der Waals surface area contributed by atoms with Crippen LogP contribution in [0.5, 0.6) is 0 Å². The highest BCUT2D eigenvalue weighted by molar-refractivity contribution is 7.14. The molecule has 0 aromatic carbocycles. The van der Waals surface area contributed by atoms with Gasteiger partial charge in [-0.15, -0.1) is 22.7 Å². The van der Waals surface area contributed by atoms with E-state index < -0.39 is 49.4 Å². The van der Waals surface area contributed by atoms with Crippen LogP contribution in [0, 0.1) is 0 Å². The van der Waals surface area contributed by atoms with Gasteiger partial charge in [0.05, 0.1) is 26.2 Å². The number of anilines is 2. The van der Waals surface area contributed by atoms with Crippen LogP contribution in [0.1, 0.15) is 53.1 Å². The predicted octanol–water partition coefficient (Wildman–Crippen LogP) is 0.00630. The third-order valence-corrected chi connectivity index (χ3v) is 8.10. The third kappa shape index (κ3) is 17.7. The summed E-state index contributed by atoms with van der Waals surface area (Å²) in [5.41, 5.74) is 0.270. The molecule has 0 fully saturated rings. The SMILES string of the molecule is CN(C)CCCNC(=O)c1csc(NC(=O)c2csc(NC(=O)CCCCCNC(=O)CN(CCN(CC(=O)O)CC(=O)O)CC(=O)O)n2)n1. The fraction of sp³-hybridized carbons (Fsp3) is 0.552. The molecule has 50 heavy (non-hydrogen) atoms. The Morgan fingerprint density at radius 3 is 1.70 bits per heavy atom. The van der Waals surface area contributed by atoms with Gasteiger partial charge in [0, 0.05) is 43.4 Å². The van der Waals surface area contributed by atoms with Crippen molar-refractivity contribution in [3.63, 3.8) is 0 Å². The number of unbranched alkanes of at least 4 members (excludes halogenated alkanes) is 2. The van der Waals surface area contributed by atoms with E-state index in [0.29, 0.717) is 25.8 Å². The minimum Gasteiger partial charge on any atom is -0.480 e. The van der Waals surface area contributed by atoms with Crippen LogP contribution in [0.2, 0.25) is 0 Å². The van der Waals surface area contributed by atoms with Gasteiger partial charge >= 0.3 is 17.9 Å². The van der Waals surface area contributed by atoms with E-state index in [4.69, 9.17) is 15.3 Å². The van der Waals surface area contributed by atoms with Crippen LogP contribution in [0.25, 0.3) is 0 Å². The number of thiazole rings is 2. The number of nitrogens with zero attached hydrogens (tertiary/aromatic N) is 5. The maximum Gasteiger partial charge on any atom is 0.317 e. The number of carboxylic acid groups (broad SMARTS) is 3. The Bertz CT molecular complexity index is 1450. The van der Waals surface area contributed by atoms with E-state index in [1.165, 1.54) is 10.3 Å². The van der Waals surface area contributed by atoms with E-state index in [1.807, 2.05) is 19.0 Å². The molecule has 2 heterocycles. The normalized spacial score (nSPS) is 11.1. The van der Waals surface area contributed by atoms with Gasteiger partial charge in [-0.2, -0.15) is 0 Å². The average molecular weight is 742 g/mol. The zero-order chi connectivity index (χ0) is 37.1. The Hall–Kier alpha value is -4.57. The molecule has 2 rings (SSSR count). The van der Waals surface area contributed by atoms with Crippen LogP contribution in [0.3, 0.4) is 0 Å². The molecular weight excluding hydrogens is 699 g/mol. The minimum absolute atomic E-state index is 0.0364. The third-order valence-electron chi connectivity index (χ3n) is 6.59. The molecule has 2 aromatic rings. The van der Waals surface area contributed by atoms with Gasteiger partial charge in [0.1, 0.15) is 11.4 Å². The molecule has 21 heteroatoms. The van der Waals surface area contributed by atoms with Gasteiger partial charge in [-0.3, -0.25) is 48.7 Å². The van der Waals surface area contributed by atoms with E-state index >= 15 is 0 Å². The second kappa shape index (κ2) is 22.2. The summed E-state index contributed by atoms with van der Waals surface area (Å²) < 4.78 is 0. The van der Waals surface area contributed by atoms with Crippen molar-refractivity contribution < 1.29 is 48.9 Å². The zero-order valence-corrected chi connectivity index (χ0v) is 29.4. The Labute approximate surface area is 296 Å². The van der Waals surface area contributed by atoms with Crippen LogP contribution in [-0.2, 0) is 24.0 Å². The Morgan fingerprint density at radius 2 is 1.14 bits per heavy atom. The molecule has 0 spiro atoms. The number of carbonyl (C=O) groups excluding carboxylic acids is 4. The Morgan fingerprint density at radius 1 is 0.620 bits per heavy atom. The highest BCUT2D eigenvalue weighted by Gasteiger charge is 2.19. The molecule has 276 valence electrons. The number of amides is 4. The summed E-state index contributed by atoms with van der Waals surface area (Å²) in [6, 6.07) is 0. The monoisotopic (exact) mass is 741 g/mol. The number of aliphatic carboxylic acids is 3. The molecule has 7 N–H and O–H groups in total. The standard InChI is InChI=1S/C29H43N9O10S2/c1-36(2)10-6-9-31-26(47)19-17-50-29(32-19)35-27(48)20-18-49-28(33-20)34-21(39)7-4-3-5-8-30-22(40)13-37(14-23(41)42)11-12-38(15-24(43)44)16-25(45)46/h17-18H,3-16H2,1-2H3,(H,30,40)(H,31,47)(H,41,42)(H,43,44)(H,45,46)(H,32,35,48)(H,33,34,39). The molecule has 19 nitrogen and oxygen atoms in total.